The highest BCUT2D eigenvalue weighted by Crippen LogP contribution is 2.41. The van der Waals surface area contributed by atoms with Crippen LogP contribution in [0.3, 0.4) is 0 Å². The van der Waals surface area contributed by atoms with Crippen molar-refractivity contribution >= 4 is 11.9 Å². The second-order valence-corrected chi connectivity index (χ2v) is 13.0. The van der Waals surface area contributed by atoms with Crippen LogP contribution in [0.15, 0.2) is 36.4 Å². The molecule has 0 bridgehead atoms. The Kier molecular flexibility index (Phi) is 11.1. The van der Waals surface area contributed by atoms with E-state index in [2.05, 4.69) is 19.2 Å². The van der Waals surface area contributed by atoms with E-state index in [0.29, 0.717) is 24.0 Å². The van der Waals surface area contributed by atoms with Gasteiger partial charge < -0.3 is 44.7 Å². The summed E-state index contributed by atoms with van der Waals surface area (Å²) in [6.45, 7) is 7.54. The minimum atomic E-state index is -1.44. The molecular formula is C34H47NO10. The summed E-state index contributed by atoms with van der Waals surface area (Å²) >= 11 is 0. The lowest BCUT2D eigenvalue weighted by Gasteiger charge is -2.45. The number of esters is 1. The Balaban J connectivity index is 1.40. The van der Waals surface area contributed by atoms with E-state index in [-0.39, 0.29) is 35.3 Å². The highest BCUT2D eigenvalue weighted by Gasteiger charge is 2.44. The van der Waals surface area contributed by atoms with Crippen molar-refractivity contribution in [3.8, 4) is 11.5 Å². The monoisotopic (exact) mass is 629 g/mol. The zero-order valence-electron chi connectivity index (χ0n) is 26.9. The number of carbonyl (C=O) groups excluding carboxylic acids is 2. The van der Waals surface area contributed by atoms with Gasteiger partial charge in [-0.05, 0) is 47.9 Å². The van der Waals surface area contributed by atoms with Crippen molar-refractivity contribution in [1.29, 1.82) is 0 Å². The molecule has 2 aromatic carbocycles. The van der Waals surface area contributed by atoms with E-state index >= 15 is 0 Å². The Bertz CT molecular complexity index is 1330. The predicted octanol–water partition coefficient (Wildman–Crippen LogP) is 3.16. The second kappa shape index (κ2) is 14.5. The van der Waals surface area contributed by atoms with E-state index in [1.165, 1.54) is 20.3 Å². The number of cyclic esters (lactones) is 1. The van der Waals surface area contributed by atoms with Crippen LogP contribution in [0.5, 0.6) is 11.5 Å². The van der Waals surface area contributed by atoms with Crippen LogP contribution in [0.25, 0.3) is 0 Å². The molecule has 2 aliphatic heterocycles. The van der Waals surface area contributed by atoms with Gasteiger partial charge in [-0.25, -0.2) is 4.79 Å². The van der Waals surface area contributed by atoms with Crippen molar-refractivity contribution < 1.29 is 49.0 Å². The van der Waals surface area contributed by atoms with E-state index in [4.69, 9.17) is 18.9 Å². The number of aliphatic hydroxyl groups excluding tert-OH is 2. The van der Waals surface area contributed by atoms with Gasteiger partial charge in [0, 0.05) is 39.4 Å². The fourth-order valence-electron chi connectivity index (χ4n) is 6.30. The number of carbonyl (C=O) groups is 2. The van der Waals surface area contributed by atoms with Crippen molar-refractivity contribution in [2.75, 3.05) is 14.2 Å². The van der Waals surface area contributed by atoms with Crippen LogP contribution in [0.1, 0.15) is 67.1 Å². The maximum atomic E-state index is 13.1. The number of fused-ring (bicyclic) bond motifs is 1. The molecule has 11 heteroatoms. The summed E-state index contributed by atoms with van der Waals surface area (Å²) in [7, 11) is 2.91. The third-order valence-corrected chi connectivity index (χ3v) is 9.55. The number of aliphatic hydroxyl groups is 2. The molecule has 0 spiro atoms. The first-order chi connectivity index (χ1) is 21.3. The van der Waals surface area contributed by atoms with Crippen LogP contribution >= 0.6 is 0 Å². The summed E-state index contributed by atoms with van der Waals surface area (Å²) in [4.78, 5) is 25.9. The molecular weight excluding hydrogens is 582 g/mol. The summed E-state index contributed by atoms with van der Waals surface area (Å²) in [6, 6.07) is 10.7. The molecule has 2 heterocycles. The zero-order chi connectivity index (χ0) is 33.1. The van der Waals surface area contributed by atoms with Gasteiger partial charge in [0.15, 0.2) is 23.8 Å². The Morgan fingerprint density at radius 3 is 2.44 bits per heavy atom. The Labute approximate surface area is 264 Å². The number of benzene rings is 2. The van der Waals surface area contributed by atoms with E-state index < -0.39 is 60.6 Å². The molecule has 2 aliphatic rings. The van der Waals surface area contributed by atoms with Crippen LogP contribution in [0.2, 0.25) is 0 Å². The van der Waals surface area contributed by atoms with Crippen LogP contribution < -0.4 is 5.32 Å². The largest absolute Gasteiger partial charge is 0.504 e. The van der Waals surface area contributed by atoms with Crippen molar-refractivity contribution in [3.05, 3.63) is 58.7 Å². The number of ether oxygens (including phenoxy) is 4. The number of rotatable bonds is 12. The number of methoxy groups -OCH3 is 2. The first-order valence-electron chi connectivity index (χ1n) is 15.4. The Morgan fingerprint density at radius 2 is 1.80 bits per heavy atom. The molecule has 1 saturated heterocycles. The van der Waals surface area contributed by atoms with Gasteiger partial charge in [-0.2, -0.15) is 0 Å². The molecule has 2 aromatic rings. The fraction of sp³-hybridized carbons (Fsp3) is 0.588. The minimum absolute atomic E-state index is 0.204. The molecule has 1 fully saturated rings. The van der Waals surface area contributed by atoms with Crippen LogP contribution in [0, 0.1) is 18.3 Å². The van der Waals surface area contributed by atoms with Crippen molar-refractivity contribution in [1.82, 2.24) is 5.32 Å². The maximum absolute atomic E-state index is 13.1. The van der Waals surface area contributed by atoms with Crippen molar-refractivity contribution in [2.45, 2.75) is 103 Å². The summed E-state index contributed by atoms with van der Waals surface area (Å²) in [5, 5.41) is 45.1. The molecule has 8 atom stereocenters. The number of phenols is 2. The van der Waals surface area contributed by atoms with E-state index in [1.807, 2.05) is 30.3 Å². The third kappa shape index (κ3) is 7.78. The molecule has 0 radical (unpaired) electrons. The van der Waals surface area contributed by atoms with Crippen LogP contribution in [-0.2, 0) is 36.6 Å². The van der Waals surface area contributed by atoms with Crippen LogP contribution in [-0.4, -0.2) is 89.4 Å². The molecule has 0 saturated carbocycles. The normalized spacial score (nSPS) is 24.4. The average molecular weight is 630 g/mol. The molecule has 11 nitrogen and oxygen atoms in total. The van der Waals surface area contributed by atoms with Gasteiger partial charge >= 0.3 is 5.97 Å². The SMILES string of the molecule is CO[C@@H](Cc1ccccc1)[C@H](O)C(=O)N[C@@H](OC)[C@@H]1CCC(C)(C)[C@@H](C[C@H](O)[C@@H](C)[C@H]2Cc3c(cc(O)c(O)c3C)C(=O)O2)O1. The zero-order valence-corrected chi connectivity index (χ0v) is 26.9. The molecule has 0 unspecified atom stereocenters. The van der Waals surface area contributed by atoms with E-state index in [1.54, 1.807) is 13.8 Å². The van der Waals surface area contributed by atoms with Crippen molar-refractivity contribution in [2.24, 2.45) is 11.3 Å². The van der Waals surface area contributed by atoms with Gasteiger partial charge in [0.05, 0.1) is 23.9 Å². The van der Waals surface area contributed by atoms with Gasteiger partial charge in [-0.3, -0.25) is 4.79 Å². The number of phenolic OH excluding ortho intramolecular Hbond substituents is 2. The highest BCUT2D eigenvalue weighted by atomic mass is 16.6. The standard InChI is InChI=1S/C34H47NO10/c1-18-21-16-26(45-33(41)22(21)15-24(37)29(18)38)19(2)23(36)17-28-34(3,4)13-12-25(44-28)32(43-6)35-31(40)30(39)27(42-5)14-20-10-8-7-9-11-20/h7-11,15,19,23,25-28,30,32,36-39H,12-14,16-17H2,1-6H3,(H,35,40)/t19-,23+,25+,26-,27+,28-,30+,32+/m1/s1. The molecule has 0 aliphatic carbocycles. The molecule has 4 rings (SSSR count). The lowest BCUT2D eigenvalue weighted by Crippen LogP contribution is -2.56. The highest BCUT2D eigenvalue weighted by molar-refractivity contribution is 5.93. The molecule has 1 amide bonds. The summed E-state index contributed by atoms with van der Waals surface area (Å²) in [5.41, 5.74) is 1.80. The first-order valence-corrected chi connectivity index (χ1v) is 15.4. The number of hydrogen-bond acceptors (Lipinski definition) is 10. The third-order valence-electron chi connectivity index (χ3n) is 9.55. The van der Waals surface area contributed by atoms with Gasteiger partial charge in [0.2, 0.25) is 0 Å². The molecule has 45 heavy (non-hydrogen) atoms. The molecule has 5 N–H and O–H groups in total. The lowest BCUT2D eigenvalue weighted by molar-refractivity contribution is -0.183. The lowest BCUT2D eigenvalue weighted by atomic mass is 9.75. The maximum Gasteiger partial charge on any atom is 0.338 e. The number of hydrogen-bond donors (Lipinski definition) is 5. The van der Waals surface area contributed by atoms with Crippen LogP contribution in [0.4, 0.5) is 0 Å². The Hall–Kier alpha value is -3.22. The average Bonchev–Trinajstić information content (AvgIpc) is 3.02. The van der Waals surface area contributed by atoms with Gasteiger partial charge in [0.1, 0.15) is 12.2 Å². The quantitative estimate of drug-likeness (QED) is 0.134. The van der Waals surface area contributed by atoms with E-state index in [9.17, 15) is 30.0 Å². The second-order valence-electron chi connectivity index (χ2n) is 13.0. The summed E-state index contributed by atoms with van der Waals surface area (Å²) in [5.74, 6) is -2.39. The van der Waals surface area contributed by atoms with Gasteiger partial charge in [0.25, 0.3) is 5.91 Å². The number of amides is 1. The minimum Gasteiger partial charge on any atom is -0.504 e. The summed E-state index contributed by atoms with van der Waals surface area (Å²) in [6.07, 6.45) is -3.41. The molecule has 0 aromatic heterocycles. The Morgan fingerprint density at radius 1 is 1.11 bits per heavy atom. The number of nitrogens with one attached hydrogen (secondary N) is 1. The molecule has 248 valence electrons. The summed E-state index contributed by atoms with van der Waals surface area (Å²) < 4.78 is 23.2. The topological polar surface area (TPSA) is 164 Å². The fourth-order valence-corrected chi connectivity index (χ4v) is 6.30. The van der Waals surface area contributed by atoms with Gasteiger partial charge in [-0.15, -0.1) is 0 Å². The number of aromatic hydroxyl groups is 2. The van der Waals surface area contributed by atoms with E-state index in [0.717, 1.165) is 12.0 Å². The van der Waals surface area contributed by atoms with Crippen molar-refractivity contribution in [3.63, 3.8) is 0 Å². The smallest absolute Gasteiger partial charge is 0.338 e. The van der Waals surface area contributed by atoms with Gasteiger partial charge in [-0.1, -0.05) is 51.1 Å². The predicted molar refractivity (Wildman–Crippen MR) is 165 cm³/mol. The first kappa shape index (κ1) is 34.6.